The Morgan fingerprint density at radius 1 is 1.05 bits per heavy atom. The molecule has 0 bridgehead atoms. The molecule has 1 aliphatic rings. The van der Waals surface area contributed by atoms with E-state index in [1.165, 1.54) is 0 Å². The number of nitrogens with zero attached hydrogens (tertiary/aromatic N) is 4. The number of benzene rings is 1. The van der Waals surface area contributed by atoms with E-state index < -0.39 is 0 Å². The van der Waals surface area contributed by atoms with Crippen molar-refractivity contribution in [2.24, 2.45) is 0 Å². The smallest absolute Gasteiger partial charge is 0.227 e. The summed E-state index contributed by atoms with van der Waals surface area (Å²) in [6.07, 6.45) is 0. The predicted octanol–water partition coefficient (Wildman–Crippen LogP) is 2.20. The minimum Gasteiger partial charge on any atom is -0.370 e. The first kappa shape index (κ1) is 14.1. The van der Waals surface area contributed by atoms with Crippen molar-refractivity contribution in [1.29, 1.82) is 0 Å². The molecule has 0 spiro atoms. The number of likely N-dealkylation sites (N-methyl/N-ethyl adjacent to an activating group) is 1. The molecule has 0 atom stereocenters. The number of para-hydroxylation sites is 1. The fraction of sp³-hybridized carbons (Fsp3) is 0.500. The van der Waals surface area contributed by atoms with Gasteiger partial charge in [-0.1, -0.05) is 19.1 Å². The highest BCUT2D eigenvalue weighted by molar-refractivity contribution is 5.90. The molecule has 2 heterocycles. The number of aromatic nitrogens is 2. The van der Waals surface area contributed by atoms with Crippen LogP contribution in [0.25, 0.3) is 10.9 Å². The van der Waals surface area contributed by atoms with Crippen LogP contribution in [0.2, 0.25) is 0 Å². The standard InChI is InChI=1S/C16H23N5/c1-3-17-15-13-7-5-6-8-14(13)18-16(19-15)21-11-9-20(4-2)10-12-21/h5-8H,3-4,9-12H2,1-2H3,(H,17,18,19). The van der Waals surface area contributed by atoms with Gasteiger partial charge in [0.1, 0.15) is 5.82 Å². The lowest BCUT2D eigenvalue weighted by atomic mass is 10.2. The van der Waals surface area contributed by atoms with E-state index in [4.69, 9.17) is 9.97 Å². The number of hydrogen-bond donors (Lipinski definition) is 1. The molecule has 5 nitrogen and oxygen atoms in total. The fourth-order valence-electron chi connectivity index (χ4n) is 2.77. The van der Waals surface area contributed by atoms with Crippen molar-refractivity contribution in [3.63, 3.8) is 0 Å². The van der Waals surface area contributed by atoms with Crippen LogP contribution in [0.5, 0.6) is 0 Å². The highest BCUT2D eigenvalue weighted by atomic mass is 15.3. The Morgan fingerprint density at radius 2 is 1.81 bits per heavy atom. The molecule has 3 rings (SSSR count). The van der Waals surface area contributed by atoms with Crippen LogP contribution in [0.3, 0.4) is 0 Å². The summed E-state index contributed by atoms with van der Waals surface area (Å²) in [5.74, 6) is 1.79. The molecule has 5 heteroatoms. The van der Waals surface area contributed by atoms with E-state index in [-0.39, 0.29) is 0 Å². The Labute approximate surface area is 126 Å². The summed E-state index contributed by atoms with van der Waals surface area (Å²) in [6, 6.07) is 8.20. The minimum atomic E-state index is 0.848. The minimum absolute atomic E-state index is 0.848. The van der Waals surface area contributed by atoms with Crippen molar-refractivity contribution in [3.05, 3.63) is 24.3 Å². The van der Waals surface area contributed by atoms with Crippen molar-refractivity contribution in [2.45, 2.75) is 13.8 Å². The van der Waals surface area contributed by atoms with Gasteiger partial charge < -0.3 is 15.1 Å². The van der Waals surface area contributed by atoms with Gasteiger partial charge in [0, 0.05) is 38.1 Å². The first-order valence-corrected chi connectivity index (χ1v) is 7.79. The Morgan fingerprint density at radius 3 is 2.52 bits per heavy atom. The maximum atomic E-state index is 4.75. The van der Waals surface area contributed by atoms with Gasteiger partial charge in [-0.15, -0.1) is 0 Å². The molecule has 1 N–H and O–H groups in total. The van der Waals surface area contributed by atoms with Gasteiger partial charge in [0.25, 0.3) is 0 Å². The van der Waals surface area contributed by atoms with Gasteiger partial charge in [-0.25, -0.2) is 4.98 Å². The molecule has 2 aromatic rings. The zero-order valence-electron chi connectivity index (χ0n) is 12.8. The molecule has 1 aromatic heterocycles. The van der Waals surface area contributed by atoms with Gasteiger partial charge in [-0.05, 0) is 25.6 Å². The summed E-state index contributed by atoms with van der Waals surface area (Å²) in [5, 5.41) is 4.45. The van der Waals surface area contributed by atoms with E-state index in [0.717, 1.165) is 61.9 Å². The summed E-state index contributed by atoms with van der Waals surface area (Å²) < 4.78 is 0. The van der Waals surface area contributed by atoms with E-state index in [1.54, 1.807) is 0 Å². The van der Waals surface area contributed by atoms with Crippen molar-refractivity contribution < 1.29 is 0 Å². The molecule has 1 fully saturated rings. The lowest BCUT2D eigenvalue weighted by Gasteiger charge is -2.34. The molecule has 0 amide bonds. The summed E-state index contributed by atoms with van der Waals surface area (Å²) in [6.45, 7) is 10.5. The van der Waals surface area contributed by atoms with E-state index in [9.17, 15) is 0 Å². The van der Waals surface area contributed by atoms with Crippen LogP contribution in [0, 0.1) is 0 Å². The molecule has 0 saturated carbocycles. The topological polar surface area (TPSA) is 44.3 Å². The zero-order chi connectivity index (χ0) is 14.7. The highest BCUT2D eigenvalue weighted by Crippen LogP contribution is 2.23. The van der Waals surface area contributed by atoms with Gasteiger partial charge >= 0.3 is 0 Å². The number of piperazine rings is 1. The van der Waals surface area contributed by atoms with Gasteiger partial charge in [-0.3, -0.25) is 0 Å². The van der Waals surface area contributed by atoms with Crippen LogP contribution in [-0.2, 0) is 0 Å². The van der Waals surface area contributed by atoms with E-state index in [1.807, 2.05) is 12.1 Å². The van der Waals surface area contributed by atoms with Crippen LogP contribution >= 0.6 is 0 Å². The molecule has 0 unspecified atom stereocenters. The van der Waals surface area contributed by atoms with Crippen molar-refractivity contribution in [3.8, 4) is 0 Å². The third kappa shape index (κ3) is 2.93. The first-order chi connectivity index (χ1) is 10.3. The van der Waals surface area contributed by atoms with Crippen LogP contribution in [0.1, 0.15) is 13.8 Å². The predicted molar refractivity (Wildman–Crippen MR) is 88.0 cm³/mol. The van der Waals surface area contributed by atoms with Crippen LogP contribution < -0.4 is 10.2 Å². The second kappa shape index (κ2) is 6.26. The average molecular weight is 285 g/mol. The Hall–Kier alpha value is -1.88. The molecule has 0 aliphatic carbocycles. The lowest BCUT2D eigenvalue weighted by molar-refractivity contribution is 0.270. The van der Waals surface area contributed by atoms with Crippen molar-refractivity contribution in [1.82, 2.24) is 14.9 Å². The van der Waals surface area contributed by atoms with Gasteiger partial charge in [0.05, 0.1) is 5.52 Å². The normalized spacial score (nSPS) is 16.4. The van der Waals surface area contributed by atoms with E-state index in [0.29, 0.717) is 0 Å². The Bertz CT molecular complexity index is 605. The quantitative estimate of drug-likeness (QED) is 0.933. The second-order valence-electron chi connectivity index (χ2n) is 5.34. The largest absolute Gasteiger partial charge is 0.370 e. The monoisotopic (exact) mass is 285 g/mol. The molecule has 1 saturated heterocycles. The van der Waals surface area contributed by atoms with Crippen LogP contribution in [0.15, 0.2) is 24.3 Å². The maximum absolute atomic E-state index is 4.75. The molecule has 1 aromatic carbocycles. The summed E-state index contributed by atoms with van der Waals surface area (Å²) in [4.78, 5) is 14.3. The number of nitrogens with one attached hydrogen (secondary N) is 1. The Kier molecular flexibility index (Phi) is 4.20. The molecule has 112 valence electrons. The molecule has 0 radical (unpaired) electrons. The van der Waals surface area contributed by atoms with Crippen LogP contribution in [-0.4, -0.2) is 54.1 Å². The van der Waals surface area contributed by atoms with E-state index in [2.05, 4.69) is 41.1 Å². The van der Waals surface area contributed by atoms with Crippen LogP contribution in [0.4, 0.5) is 11.8 Å². The van der Waals surface area contributed by atoms with E-state index >= 15 is 0 Å². The lowest BCUT2D eigenvalue weighted by Crippen LogP contribution is -2.46. The summed E-state index contributed by atoms with van der Waals surface area (Å²) in [5.41, 5.74) is 1.01. The number of hydrogen-bond acceptors (Lipinski definition) is 5. The van der Waals surface area contributed by atoms with Crippen molar-refractivity contribution in [2.75, 3.05) is 49.5 Å². The highest BCUT2D eigenvalue weighted by Gasteiger charge is 2.19. The molecule has 1 aliphatic heterocycles. The zero-order valence-corrected chi connectivity index (χ0v) is 12.8. The van der Waals surface area contributed by atoms with Gasteiger partial charge in [-0.2, -0.15) is 4.98 Å². The average Bonchev–Trinajstić information content (AvgIpc) is 2.55. The summed E-state index contributed by atoms with van der Waals surface area (Å²) >= 11 is 0. The number of rotatable bonds is 4. The maximum Gasteiger partial charge on any atom is 0.227 e. The Balaban J connectivity index is 1.92. The van der Waals surface area contributed by atoms with Crippen molar-refractivity contribution >= 4 is 22.7 Å². The van der Waals surface area contributed by atoms with Gasteiger partial charge in [0.2, 0.25) is 5.95 Å². The number of anilines is 2. The fourth-order valence-corrected chi connectivity index (χ4v) is 2.77. The first-order valence-electron chi connectivity index (χ1n) is 7.79. The molecular formula is C16H23N5. The summed E-state index contributed by atoms with van der Waals surface area (Å²) in [7, 11) is 0. The third-order valence-corrected chi connectivity index (χ3v) is 4.04. The van der Waals surface area contributed by atoms with Gasteiger partial charge in [0.15, 0.2) is 0 Å². The molecule has 21 heavy (non-hydrogen) atoms. The molecular weight excluding hydrogens is 262 g/mol. The third-order valence-electron chi connectivity index (χ3n) is 4.04. The second-order valence-corrected chi connectivity index (χ2v) is 5.34. The number of fused-ring (bicyclic) bond motifs is 1. The SMILES string of the molecule is CCNc1nc(N2CCN(CC)CC2)nc2ccccc12.